The highest BCUT2D eigenvalue weighted by atomic mass is 16.2. The van der Waals surface area contributed by atoms with Crippen LogP contribution in [0.2, 0.25) is 0 Å². The van der Waals surface area contributed by atoms with E-state index in [2.05, 4.69) is 15.6 Å². The van der Waals surface area contributed by atoms with Crippen LogP contribution >= 0.6 is 0 Å². The zero-order valence-electron chi connectivity index (χ0n) is 15.4. The summed E-state index contributed by atoms with van der Waals surface area (Å²) in [5.41, 5.74) is 0. The molecule has 0 aromatic heterocycles. The molecular formula is C17H33N5O2. The minimum Gasteiger partial charge on any atom is -0.357 e. The summed E-state index contributed by atoms with van der Waals surface area (Å²) in [5, 5.41) is 6.35. The summed E-state index contributed by atoms with van der Waals surface area (Å²) < 4.78 is 0. The van der Waals surface area contributed by atoms with E-state index in [4.69, 9.17) is 0 Å². The maximum atomic E-state index is 11.9. The molecule has 7 nitrogen and oxygen atoms in total. The van der Waals surface area contributed by atoms with E-state index in [1.54, 1.807) is 19.0 Å². The molecule has 24 heavy (non-hydrogen) atoms. The molecule has 0 aliphatic carbocycles. The lowest BCUT2D eigenvalue weighted by Gasteiger charge is -2.20. The largest absolute Gasteiger partial charge is 0.357 e. The fraction of sp³-hybridized carbons (Fsp3) is 0.824. The average molecular weight is 339 g/mol. The van der Waals surface area contributed by atoms with Gasteiger partial charge in [0.05, 0.1) is 0 Å². The molecule has 138 valence electrons. The summed E-state index contributed by atoms with van der Waals surface area (Å²) in [7, 11) is 3.51. The molecule has 0 saturated carbocycles. The first kappa shape index (κ1) is 20.3. The third-order valence-electron chi connectivity index (χ3n) is 4.00. The van der Waals surface area contributed by atoms with Crippen LogP contribution in [0.15, 0.2) is 4.99 Å². The molecule has 0 radical (unpaired) electrons. The Hall–Kier alpha value is -1.79. The number of aliphatic imine (C=N–C) groups is 1. The van der Waals surface area contributed by atoms with Crippen LogP contribution in [0.3, 0.4) is 0 Å². The molecule has 1 saturated heterocycles. The predicted octanol–water partition coefficient (Wildman–Crippen LogP) is 0.813. The Bertz CT molecular complexity index is 423. The minimum atomic E-state index is 0.0954. The van der Waals surface area contributed by atoms with Gasteiger partial charge in [-0.05, 0) is 26.2 Å². The molecule has 0 aromatic rings. The van der Waals surface area contributed by atoms with E-state index in [0.717, 1.165) is 51.3 Å². The Morgan fingerprint density at radius 2 is 2.04 bits per heavy atom. The van der Waals surface area contributed by atoms with Crippen LogP contribution in [0.25, 0.3) is 0 Å². The summed E-state index contributed by atoms with van der Waals surface area (Å²) >= 11 is 0. The minimum absolute atomic E-state index is 0.0954. The lowest BCUT2D eigenvalue weighted by Crippen LogP contribution is -2.39. The van der Waals surface area contributed by atoms with Crippen LogP contribution in [-0.2, 0) is 9.59 Å². The number of carbonyl (C=O) groups excluding carboxylic acids is 2. The first-order valence-corrected chi connectivity index (χ1v) is 9.04. The third kappa shape index (κ3) is 8.17. The molecule has 1 aliphatic rings. The van der Waals surface area contributed by atoms with Crippen molar-refractivity contribution < 1.29 is 9.59 Å². The molecule has 0 aromatic carbocycles. The first-order valence-electron chi connectivity index (χ1n) is 9.04. The van der Waals surface area contributed by atoms with Crippen molar-refractivity contribution >= 4 is 17.8 Å². The quantitative estimate of drug-likeness (QED) is 0.390. The van der Waals surface area contributed by atoms with Crippen molar-refractivity contribution in [3.05, 3.63) is 0 Å². The van der Waals surface area contributed by atoms with Gasteiger partial charge in [-0.2, -0.15) is 0 Å². The van der Waals surface area contributed by atoms with Gasteiger partial charge in [-0.25, -0.2) is 0 Å². The van der Waals surface area contributed by atoms with Gasteiger partial charge in [0.25, 0.3) is 0 Å². The van der Waals surface area contributed by atoms with Gasteiger partial charge < -0.3 is 20.4 Å². The summed E-state index contributed by atoms with van der Waals surface area (Å²) in [6.45, 7) is 5.68. The van der Waals surface area contributed by atoms with Gasteiger partial charge in [-0.3, -0.25) is 14.6 Å². The number of carbonyl (C=O) groups is 2. The van der Waals surface area contributed by atoms with Gasteiger partial charge in [0, 0.05) is 59.7 Å². The van der Waals surface area contributed by atoms with Crippen LogP contribution < -0.4 is 10.6 Å². The van der Waals surface area contributed by atoms with Crippen LogP contribution in [0, 0.1) is 0 Å². The van der Waals surface area contributed by atoms with Crippen molar-refractivity contribution in [1.29, 1.82) is 0 Å². The highest BCUT2D eigenvalue weighted by molar-refractivity contribution is 5.81. The van der Waals surface area contributed by atoms with Crippen molar-refractivity contribution in [1.82, 2.24) is 20.4 Å². The number of hydrogen-bond acceptors (Lipinski definition) is 3. The lowest BCUT2D eigenvalue weighted by molar-refractivity contribution is -0.130. The van der Waals surface area contributed by atoms with E-state index in [9.17, 15) is 9.59 Å². The van der Waals surface area contributed by atoms with Gasteiger partial charge in [-0.1, -0.05) is 6.42 Å². The van der Waals surface area contributed by atoms with E-state index >= 15 is 0 Å². The van der Waals surface area contributed by atoms with Crippen LogP contribution in [0.4, 0.5) is 0 Å². The SMILES string of the molecule is CCNC(=NCCCN1CCCCCC1=O)NCCC(=O)N(C)C. The second kappa shape index (κ2) is 11.7. The molecule has 2 amide bonds. The Labute approximate surface area is 145 Å². The molecule has 2 N–H and O–H groups in total. The summed E-state index contributed by atoms with van der Waals surface area (Å²) in [6.07, 6.45) is 5.28. The zero-order chi connectivity index (χ0) is 17.8. The Morgan fingerprint density at radius 3 is 2.75 bits per heavy atom. The summed E-state index contributed by atoms with van der Waals surface area (Å²) in [4.78, 5) is 31.6. The molecule has 0 bridgehead atoms. The summed E-state index contributed by atoms with van der Waals surface area (Å²) in [5.74, 6) is 1.10. The van der Waals surface area contributed by atoms with E-state index in [-0.39, 0.29) is 11.8 Å². The van der Waals surface area contributed by atoms with Crippen molar-refractivity contribution in [2.24, 2.45) is 4.99 Å². The molecule has 1 fully saturated rings. The zero-order valence-corrected chi connectivity index (χ0v) is 15.4. The predicted molar refractivity (Wildman–Crippen MR) is 97.0 cm³/mol. The highest BCUT2D eigenvalue weighted by Crippen LogP contribution is 2.11. The summed E-state index contributed by atoms with van der Waals surface area (Å²) in [6, 6.07) is 0. The highest BCUT2D eigenvalue weighted by Gasteiger charge is 2.15. The number of nitrogens with one attached hydrogen (secondary N) is 2. The molecule has 0 unspecified atom stereocenters. The molecule has 7 heteroatoms. The van der Waals surface area contributed by atoms with Gasteiger partial charge in [-0.15, -0.1) is 0 Å². The second-order valence-electron chi connectivity index (χ2n) is 6.27. The lowest BCUT2D eigenvalue weighted by atomic mass is 10.2. The van der Waals surface area contributed by atoms with Crippen molar-refractivity contribution in [2.75, 3.05) is 46.8 Å². The molecule has 0 atom stereocenters. The Morgan fingerprint density at radius 1 is 1.25 bits per heavy atom. The van der Waals surface area contributed by atoms with Gasteiger partial charge in [0.15, 0.2) is 5.96 Å². The fourth-order valence-electron chi connectivity index (χ4n) is 2.58. The third-order valence-corrected chi connectivity index (χ3v) is 4.00. The fourth-order valence-corrected chi connectivity index (χ4v) is 2.58. The van der Waals surface area contributed by atoms with E-state index in [1.807, 2.05) is 11.8 Å². The molecule has 0 spiro atoms. The standard InChI is InChI=1S/C17H33N5O2/c1-4-18-17(20-12-10-15(23)21(2)3)19-11-8-14-22-13-7-5-6-9-16(22)24/h4-14H2,1-3H3,(H2,18,19,20). The Balaban J connectivity index is 2.31. The molecule has 1 aliphatic heterocycles. The molecule has 1 rings (SSSR count). The van der Waals surface area contributed by atoms with E-state index < -0.39 is 0 Å². The number of likely N-dealkylation sites (tertiary alicyclic amines) is 1. The smallest absolute Gasteiger partial charge is 0.223 e. The van der Waals surface area contributed by atoms with Crippen LogP contribution in [0.1, 0.15) is 45.4 Å². The van der Waals surface area contributed by atoms with Crippen molar-refractivity contribution in [3.8, 4) is 0 Å². The number of rotatable bonds is 8. The normalized spacial score (nSPS) is 15.9. The molecular weight excluding hydrogens is 306 g/mol. The topological polar surface area (TPSA) is 77.0 Å². The van der Waals surface area contributed by atoms with Crippen LogP contribution in [0.5, 0.6) is 0 Å². The van der Waals surface area contributed by atoms with Gasteiger partial charge in [0.1, 0.15) is 0 Å². The second-order valence-corrected chi connectivity index (χ2v) is 6.27. The maximum absolute atomic E-state index is 11.9. The number of guanidine groups is 1. The number of hydrogen-bond donors (Lipinski definition) is 2. The van der Waals surface area contributed by atoms with E-state index in [0.29, 0.717) is 25.9 Å². The number of amides is 2. The van der Waals surface area contributed by atoms with Crippen LogP contribution in [-0.4, -0.2) is 74.4 Å². The van der Waals surface area contributed by atoms with Gasteiger partial charge in [0.2, 0.25) is 11.8 Å². The maximum Gasteiger partial charge on any atom is 0.223 e. The van der Waals surface area contributed by atoms with Crippen molar-refractivity contribution in [2.45, 2.75) is 45.4 Å². The van der Waals surface area contributed by atoms with Gasteiger partial charge >= 0.3 is 0 Å². The molecule has 1 heterocycles. The monoisotopic (exact) mass is 339 g/mol. The Kier molecular flexibility index (Phi) is 9.88. The number of nitrogens with zero attached hydrogens (tertiary/aromatic N) is 3. The average Bonchev–Trinajstić information content (AvgIpc) is 2.75. The first-order chi connectivity index (χ1) is 11.5. The van der Waals surface area contributed by atoms with E-state index in [1.165, 1.54) is 0 Å². The van der Waals surface area contributed by atoms with Crippen molar-refractivity contribution in [3.63, 3.8) is 0 Å².